The molecule has 0 amide bonds. The summed E-state index contributed by atoms with van der Waals surface area (Å²) in [5.74, 6) is -3.94. The van der Waals surface area contributed by atoms with Crippen molar-refractivity contribution in [1.29, 1.82) is 0 Å². The molecule has 12 rings (SSSR count). The van der Waals surface area contributed by atoms with Gasteiger partial charge in [0.15, 0.2) is 11.6 Å². The molecule has 0 fully saturated rings. The molecule has 0 N–H and O–H groups in total. The molecule has 332 valence electrons. The summed E-state index contributed by atoms with van der Waals surface area (Å²) in [6.07, 6.45) is -5.04. The molecule has 0 saturated carbocycles. The van der Waals surface area contributed by atoms with E-state index in [2.05, 4.69) is 0 Å². The Morgan fingerprint density at radius 1 is 0.304 bits per heavy atom. The second-order valence-corrected chi connectivity index (χ2v) is 17.2. The molecule has 0 aliphatic heterocycles. The van der Waals surface area contributed by atoms with Gasteiger partial charge in [0.25, 0.3) is 0 Å². The first kappa shape index (κ1) is 41.8. The zero-order valence-electron chi connectivity index (χ0n) is 36.4. The van der Waals surface area contributed by atoms with Gasteiger partial charge in [-0.15, -0.1) is 0 Å². The van der Waals surface area contributed by atoms with Crippen molar-refractivity contribution in [3.05, 3.63) is 241 Å². The van der Waals surface area contributed by atoms with Gasteiger partial charge in [0, 0.05) is 33.2 Å². The van der Waals surface area contributed by atoms with E-state index in [1.54, 1.807) is 33.4 Å². The first-order chi connectivity index (χ1) is 33.6. The van der Waals surface area contributed by atoms with Crippen LogP contribution >= 0.6 is 0 Å². The first-order valence-corrected chi connectivity index (χ1v) is 22.4. The Morgan fingerprint density at radius 3 is 0.928 bits per heavy atom. The molecule has 2 nitrogen and oxygen atoms in total. The molecule has 0 aliphatic carbocycles. The Bertz CT molecular complexity index is 3530. The normalized spacial score (nSPS) is 11.9. The number of fused-ring (bicyclic) bond motifs is 6. The van der Waals surface area contributed by atoms with Crippen molar-refractivity contribution in [2.75, 3.05) is 0 Å². The van der Waals surface area contributed by atoms with Gasteiger partial charge in [0.1, 0.15) is 11.4 Å². The van der Waals surface area contributed by atoms with Crippen LogP contribution in [-0.2, 0) is 6.18 Å². The lowest BCUT2D eigenvalue weighted by Crippen LogP contribution is -2.16. The smallest absolute Gasteiger partial charge is 0.309 e. The van der Waals surface area contributed by atoms with Crippen molar-refractivity contribution in [2.24, 2.45) is 0 Å². The quantitative estimate of drug-likeness (QED) is 0.111. The van der Waals surface area contributed by atoms with E-state index in [0.717, 1.165) is 50.6 Å². The second kappa shape index (κ2) is 16.3. The average Bonchev–Trinajstić information content (AvgIpc) is 3.89. The molecule has 0 unspecified atom stereocenters. The summed E-state index contributed by atoms with van der Waals surface area (Å²) in [7, 11) is 0. The maximum atomic E-state index is 16.8. The third-order valence-electron chi connectivity index (χ3n) is 13.1. The third-order valence-corrected chi connectivity index (χ3v) is 13.1. The summed E-state index contributed by atoms with van der Waals surface area (Å²) in [6, 6.07) is 65.0. The van der Waals surface area contributed by atoms with Crippen LogP contribution in [0.1, 0.15) is 5.56 Å². The van der Waals surface area contributed by atoms with Crippen molar-refractivity contribution in [1.82, 2.24) is 9.13 Å². The number of hydrogen-bond donors (Lipinski definition) is 0. The standard InChI is InChI=1S/C61H36F6N2/c62-46-35-47(60(64)52(63)36-46)45-33-57(68-53-25-21-41(37-13-5-1-6-14-37)29-48(53)49-30-42(22-26-54(49)68)38-15-7-2-8-16-38)59(61(65,66)67)58(34-45)69-55-27-23-43(39-17-9-3-10-18-39)31-50(55)51-32-44(24-28-56(51)69)40-19-11-4-12-20-40/h1-36H. The van der Waals surface area contributed by atoms with Gasteiger partial charge in [-0.2, -0.15) is 13.2 Å². The van der Waals surface area contributed by atoms with Gasteiger partial charge in [-0.05, 0) is 117 Å². The number of rotatable bonds is 7. The monoisotopic (exact) mass is 910 g/mol. The van der Waals surface area contributed by atoms with Crippen molar-refractivity contribution in [2.45, 2.75) is 6.18 Å². The fourth-order valence-corrected chi connectivity index (χ4v) is 9.98. The zero-order chi connectivity index (χ0) is 47.0. The molecule has 2 aromatic heterocycles. The van der Waals surface area contributed by atoms with Crippen molar-refractivity contribution >= 4 is 43.6 Å². The fraction of sp³-hybridized carbons (Fsp3) is 0.0164. The molecule has 0 bridgehead atoms. The van der Waals surface area contributed by atoms with Crippen LogP contribution in [0.5, 0.6) is 0 Å². The van der Waals surface area contributed by atoms with E-state index in [0.29, 0.717) is 49.7 Å². The van der Waals surface area contributed by atoms with Gasteiger partial charge in [-0.1, -0.05) is 146 Å². The van der Waals surface area contributed by atoms with E-state index >= 15 is 26.3 Å². The molecule has 0 saturated heterocycles. The first-order valence-electron chi connectivity index (χ1n) is 22.4. The largest absolute Gasteiger partial charge is 0.420 e. The minimum atomic E-state index is -5.04. The van der Waals surface area contributed by atoms with Crippen LogP contribution in [0.4, 0.5) is 26.3 Å². The predicted molar refractivity (Wildman–Crippen MR) is 267 cm³/mol. The van der Waals surface area contributed by atoms with Crippen LogP contribution in [0, 0.1) is 17.5 Å². The molecular weight excluding hydrogens is 875 g/mol. The molecular formula is C61H36F6N2. The zero-order valence-corrected chi connectivity index (χ0v) is 36.4. The van der Waals surface area contributed by atoms with E-state index in [1.807, 2.05) is 170 Å². The third kappa shape index (κ3) is 7.15. The molecule has 69 heavy (non-hydrogen) atoms. The summed E-state index contributed by atoms with van der Waals surface area (Å²) in [5.41, 5.74) is 6.43. The molecule has 8 heteroatoms. The summed E-state index contributed by atoms with van der Waals surface area (Å²) < 4.78 is 100. The van der Waals surface area contributed by atoms with Gasteiger partial charge < -0.3 is 9.13 Å². The fourth-order valence-electron chi connectivity index (χ4n) is 9.98. The van der Waals surface area contributed by atoms with Gasteiger partial charge in [-0.25, -0.2) is 13.2 Å². The number of benzene rings is 10. The van der Waals surface area contributed by atoms with E-state index in [-0.39, 0.29) is 16.9 Å². The molecule has 2 heterocycles. The Balaban J connectivity index is 1.23. The lowest BCUT2D eigenvalue weighted by molar-refractivity contribution is -0.137. The Kier molecular flexibility index (Phi) is 9.88. The topological polar surface area (TPSA) is 9.86 Å². The van der Waals surface area contributed by atoms with Gasteiger partial charge >= 0.3 is 6.18 Å². The van der Waals surface area contributed by atoms with Crippen molar-refractivity contribution in [3.63, 3.8) is 0 Å². The van der Waals surface area contributed by atoms with Gasteiger partial charge in [0.2, 0.25) is 0 Å². The molecule has 0 aliphatic rings. The molecule has 12 aromatic rings. The van der Waals surface area contributed by atoms with Crippen molar-refractivity contribution < 1.29 is 26.3 Å². The van der Waals surface area contributed by atoms with E-state index in [9.17, 15) is 0 Å². The molecule has 0 spiro atoms. The van der Waals surface area contributed by atoms with Crippen LogP contribution < -0.4 is 0 Å². The van der Waals surface area contributed by atoms with E-state index < -0.39 is 34.8 Å². The summed E-state index contributed by atoms with van der Waals surface area (Å²) in [4.78, 5) is 0. The van der Waals surface area contributed by atoms with Gasteiger partial charge in [0.05, 0.1) is 33.4 Å². The van der Waals surface area contributed by atoms with Crippen LogP contribution in [-0.4, -0.2) is 9.13 Å². The van der Waals surface area contributed by atoms with Crippen LogP contribution in [0.2, 0.25) is 0 Å². The van der Waals surface area contributed by atoms with Crippen molar-refractivity contribution in [3.8, 4) is 67.0 Å². The number of nitrogens with zero attached hydrogens (tertiary/aromatic N) is 2. The summed E-state index contributed by atoms with van der Waals surface area (Å²) >= 11 is 0. The number of hydrogen-bond acceptors (Lipinski definition) is 0. The average molecular weight is 911 g/mol. The van der Waals surface area contributed by atoms with E-state index in [4.69, 9.17) is 0 Å². The minimum Gasteiger partial charge on any atom is -0.309 e. The number of alkyl halides is 3. The lowest BCUT2D eigenvalue weighted by Gasteiger charge is -2.23. The maximum Gasteiger partial charge on any atom is 0.420 e. The Hall–Kier alpha value is -8.62. The summed E-state index contributed by atoms with van der Waals surface area (Å²) in [6.45, 7) is 0. The molecule has 0 atom stereocenters. The molecule has 10 aromatic carbocycles. The van der Waals surface area contributed by atoms with Crippen LogP contribution in [0.3, 0.4) is 0 Å². The highest BCUT2D eigenvalue weighted by Crippen LogP contribution is 2.48. The number of aromatic nitrogens is 2. The highest BCUT2D eigenvalue weighted by atomic mass is 19.4. The second-order valence-electron chi connectivity index (χ2n) is 17.2. The molecule has 0 radical (unpaired) electrons. The Labute approximate surface area is 392 Å². The highest BCUT2D eigenvalue weighted by molar-refractivity contribution is 6.13. The highest BCUT2D eigenvalue weighted by Gasteiger charge is 2.40. The minimum absolute atomic E-state index is 0.155. The summed E-state index contributed by atoms with van der Waals surface area (Å²) in [5, 5.41) is 2.69. The predicted octanol–water partition coefficient (Wildman–Crippen LogP) is 17.7. The van der Waals surface area contributed by atoms with Gasteiger partial charge in [-0.3, -0.25) is 0 Å². The van der Waals surface area contributed by atoms with Crippen LogP contribution in [0.25, 0.3) is 111 Å². The van der Waals surface area contributed by atoms with Crippen LogP contribution in [0.15, 0.2) is 218 Å². The number of halogens is 6. The van der Waals surface area contributed by atoms with E-state index in [1.165, 1.54) is 12.1 Å². The lowest BCUT2D eigenvalue weighted by atomic mass is 9.98. The SMILES string of the molecule is Fc1cc(F)c(F)c(-c2cc(-n3c4ccc(-c5ccccc5)cc4c4cc(-c5ccccc5)ccc43)c(C(F)(F)F)c(-n3c4ccc(-c5ccccc5)cc4c4cc(-c5ccccc5)ccc43)c2)c1. The maximum absolute atomic E-state index is 16.8. The Morgan fingerprint density at radius 2 is 0.623 bits per heavy atom.